The number of aliphatic hydroxyl groups excluding tert-OH is 1. The van der Waals surface area contributed by atoms with Crippen LogP contribution in [0.15, 0.2) is 29.2 Å². The third-order valence-corrected chi connectivity index (χ3v) is 3.63. The first kappa shape index (κ1) is 13.9. The number of carbonyl (C=O) groups is 1. The highest BCUT2D eigenvalue weighted by Crippen LogP contribution is 2.13. The Bertz CT molecular complexity index is 406. The third kappa shape index (κ3) is 3.94. The van der Waals surface area contributed by atoms with E-state index < -0.39 is 10.8 Å². The van der Waals surface area contributed by atoms with Crippen molar-refractivity contribution in [2.24, 2.45) is 0 Å². The van der Waals surface area contributed by atoms with E-state index in [0.29, 0.717) is 29.2 Å². The summed E-state index contributed by atoms with van der Waals surface area (Å²) >= 11 is 0. The van der Waals surface area contributed by atoms with Crippen molar-refractivity contribution in [2.75, 3.05) is 18.9 Å². The predicted molar refractivity (Wildman–Crippen MR) is 67.4 cm³/mol. The Morgan fingerprint density at radius 3 is 2.76 bits per heavy atom. The second-order valence-corrected chi connectivity index (χ2v) is 5.17. The zero-order valence-corrected chi connectivity index (χ0v) is 10.6. The lowest BCUT2D eigenvalue weighted by Gasteiger charge is -2.08. The molecule has 0 spiro atoms. The molecular formula is C12H17NO3S. The first-order valence-electron chi connectivity index (χ1n) is 5.57. The number of aliphatic hydroxyl groups is 1. The zero-order valence-electron chi connectivity index (χ0n) is 9.81. The van der Waals surface area contributed by atoms with Crippen LogP contribution in [0.25, 0.3) is 0 Å². The maximum atomic E-state index is 11.8. The molecule has 1 amide bonds. The Morgan fingerprint density at radius 1 is 1.41 bits per heavy atom. The van der Waals surface area contributed by atoms with Crippen LogP contribution in [0.2, 0.25) is 0 Å². The summed E-state index contributed by atoms with van der Waals surface area (Å²) in [6, 6.07) is 6.89. The van der Waals surface area contributed by atoms with Crippen LogP contribution in [-0.2, 0) is 10.8 Å². The van der Waals surface area contributed by atoms with Crippen LogP contribution in [-0.4, -0.2) is 34.1 Å². The van der Waals surface area contributed by atoms with Crippen molar-refractivity contribution in [1.29, 1.82) is 0 Å². The second kappa shape index (κ2) is 7.19. The molecule has 2 N–H and O–H groups in total. The van der Waals surface area contributed by atoms with Crippen molar-refractivity contribution in [3.05, 3.63) is 29.8 Å². The lowest BCUT2D eigenvalue weighted by molar-refractivity contribution is 0.0948. The summed E-state index contributed by atoms with van der Waals surface area (Å²) in [5, 5.41) is 11.3. The van der Waals surface area contributed by atoms with Crippen LogP contribution in [0.4, 0.5) is 0 Å². The van der Waals surface area contributed by atoms with Crippen LogP contribution in [0.1, 0.15) is 23.7 Å². The van der Waals surface area contributed by atoms with Crippen molar-refractivity contribution < 1.29 is 14.1 Å². The SMILES string of the molecule is CCS(=O)c1ccccc1C(=O)NCCCO. The third-order valence-electron chi connectivity index (χ3n) is 2.26. The van der Waals surface area contributed by atoms with Gasteiger partial charge in [-0.1, -0.05) is 19.1 Å². The highest BCUT2D eigenvalue weighted by molar-refractivity contribution is 7.85. The van der Waals surface area contributed by atoms with Gasteiger partial charge in [0.05, 0.1) is 21.3 Å². The molecule has 0 aliphatic rings. The number of benzene rings is 1. The van der Waals surface area contributed by atoms with Gasteiger partial charge in [-0.15, -0.1) is 0 Å². The van der Waals surface area contributed by atoms with Gasteiger partial charge in [-0.2, -0.15) is 0 Å². The van der Waals surface area contributed by atoms with Gasteiger partial charge in [-0.3, -0.25) is 9.00 Å². The molecule has 0 aliphatic heterocycles. The lowest BCUT2D eigenvalue weighted by atomic mass is 10.2. The molecule has 5 heteroatoms. The van der Waals surface area contributed by atoms with Gasteiger partial charge >= 0.3 is 0 Å². The fourth-order valence-corrected chi connectivity index (χ4v) is 2.33. The summed E-state index contributed by atoms with van der Waals surface area (Å²) in [5.41, 5.74) is 0.450. The molecular weight excluding hydrogens is 238 g/mol. The van der Waals surface area contributed by atoms with Crippen molar-refractivity contribution in [3.8, 4) is 0 Å². The van der Waals surface area contributed by atoms with Gasteiger partial charge in [-0.25, -0.2) is 0 Å². The summed E-state index contributed by atoms with van der Waals surface area (Å²) in [6.07, 6.45) is 0.519. The topological polar surface area (TPSA) is 66.4 Å². The van der Waals surface area contributed by atoms with Gasteiger partial charge in [0.15, 0.2) is 0 Å². The van der Waals surface area contributed by atoms with Gasteiger partial charge in [0.25, 0.3) is 5.91 Å². The number of amides is 1. The summed E-state index contributed by atoms with van der Waals surface area (Å²) in [4.78, 5) is 12.4. The van der Waals surface area contributed by atoms with Crippen molar-refractivity contribution in [2.45, 2.75) is 18.2 Å². The Morgan fingerprint density at radius 2 is 2.12 bits per heavy atom. The lowest BCUT2D eigenvalue weighted by Crippen LogP contribution is -2.26. The number of hydrogen-bond donors (Lipinski definition) is 2. The van der Waals surface area contributed by atoms with Crippen LogP contribution in [0.3, 0.4) is 0 Å². The first-order chi connectivity index (χ1) is 8.20. The Hall–Kier alpha value is -1.20. The van der Waals surface area contributed by atoms with E-state index in [9.17, 15) is 9.00 Å². The molecule has 0 saturated heterocycles. The minimum absolute atomic E-state index is 0.0445. The molecule has 0 fully saturated rings. The van der Waals surface area contributed by atoms with Crippen molar-refractivity contribution >= 4 is 16.7 Å². The van der Waals surface area contributed by atoms with E-state index in [1.807, 2.05) is 6.92 Å². The van der Waals surface area contributed by atoms with Gasteiger partial charge in [0.2, 0.25) is 0 Å². The number of rotatable bonds is 6. The fourth-order valence-electron chi connectivity index (χ4n) is 1.38. The van der Waals surface area contributed by atoms with Crippen LogP contribution in [0, 0.1) is 0 Å². The molecule has 1 atom stereocenters. The summed E-state index contributed by atoms with van der Waals surface area (Å²) in [5.74, 6) is 0.247. The van der Waals surface area contributed by atoms with Crippen LogP contribution in [0.5, 0.6) is 0 Å². The average molecular weight is 255 g/mol. The maximum absolute atomic E-state index is 11.8. The molecule has 0 radical (unpaired) electrons. The van der Waals surface area contributed by atoms with E-state index in [4.69, 9.17) is 5.11 Å². The average Bonchev–Trinajstić information content (AvgIpc) is 2.38. The predicted octanol–water partition coefficient (Wildman–Crippen LogP) is 0.926. The van der Waals surface area contributed by atoms with E-state index in [1.54, 1.807) is 24.3 Å². The molecule has 0 heterocycles. The van der Waals surface area contributed by atoms with E-state index >= 15 is 0 Å². The monoisotopic (exact) mass is 255 g/mol. The molecule has 17 heavy (non-hydrogen) atoms. The summed E-state index contributed by atoms with van der Waals surface area (Å²) in [6.45, 7) is 2.28. The van der Waals surface area contributed by atoms with Gasteiger partial charge < -0.3 is 10.4 Å². The molecule has 0 bridgehead atoms. The fraction of sp³-hybridized carbons (Fsp3) is 0.417. The normalized spacial score (nSPS) is 12.1. The van der Waals surface area contributed by atoms with Crippen LogP contribution >= 0.6 is 0 Å². The largest absolute Gasteiger partial charge is 0.396 e. The second-order valence-electron chi connectivity index (χ2n) is 3.46. The molecule has 94 valence electrons. The molecule has 1 aromatic rings. The van der Waals surface area contributed by atoms with E-state index in [1.165, 1.54) is 0 Å². The Balaban J connectivity index is 2.82. The van der Waals surface area contributed by atoms with Crippen molar-refractivity contribution in [1.82, 2.24) is 5.32 Å². The highest BCUT2D eigenvalue weighted by atomic mass is 32.2. The molecule has 0 aliphatic carbocycles. The standard InChI is InChI=1S/C12H17NO3S/c1-2-17(16)11-7-4-3-6-10(11)12(15)13-8-5-9-14/h3-4,6-7,14H,2,5,8-9H2,1H3,(H,13,15). The molecule has 4 nitrogen and oxygen atoms in total. The summed E-state index contributed by atoms with van der Waals surface area (Å²) < 4.78 is 11.8. The highest BCUT2D eigenvalue weighted by Gasteiger charge is 2.13. The number of nitrogens with one attached hydrogen (secondary N) is 1. The van der Waals surface area contributed by atoms with Gasteiger partial charge in [0.1, 0.15) is 0 Å². The van der Waals surface area contributed by atoms with Crippen LogP contribution < -0.4 is 5.32 Å². The number of carbonyl (C=O) groups excluding carboxylic acids is 1. The Labute approximate surface area is 104 Å². The quantitative estimate of drug-likeness (QED) is 0.743. The van der Waals surface area contributed by atoms with E-state index in [0.717, 1.165) is 0 Å². The smallest absolute Gasteiger partial charge is 0.252 e. The zero-order chi connectivity index (χ0) is 12.7. The maximum Gasteiger partial charge on any atom is 0.252 e. The minimum atomic E-state index is -1.14. The minimum Gasteiger partial charge on any atom is -0.396 e. The molecule has 1 rings (SSSR count). The van der Waals surface area contributed by atoms with Gasteiger partial charge in [-0.05, 0) is 18.6 Å². The first-order valence-corrected chi connectivity index (χ1v) is 6.89. The van der Waals surface area contributed by atoms with E-state index in [-0.39, 0.29) is 12.5 Å². The van der Waals surface area contributed by atoms with Gasteiger partial charge in [0, 0.05) is 18.9 Å². The molecule has 0 aromatic heterocycles. The van der Waals surface area contributed by atoms with E-state index in [2.05, 4.69) is 5.32 Å². The molecule has 1 aromatic carbocycles. The number of hydrogen-bond acceptors (Lipinski definition) is 3. The van der Waals surface area contributed by atoms with Crippen molar-refractivity contribution in [3.63, 3.8) is 0 Å². The summed E-state index contributed by atoms with van der Waals surface area (Å²) in [7, 11) is -1.14. The molecule has 1 unspecified atom stereocenters. The molecule has 0 saturated carbocycles. The Kier molecular flexibility index (Phi) is 5.86.